The highest BCUT2D eigenvalue weighted by atomic mass is 35.5. The first-order valence-corrected chi connectivity index (χ1v) is 11.6. The molecule has 0 aromatic heterocycles. The molecule has 0 radical (unpaired) electrons. The number of nitrogens with one attached hydrogen (secondary N) is 1. The summed E-state index contributed by atoms with van der Waals surface area (Å²) in [4.78, 5) is 15.4. The number of carbonyl (C=O) groups excluding carboxylic acids is 1. The zero-order valence-electron chi connectivity index (χ0n) is 18.3. The van der Waals surface area contributed by atoms with Crippen molar-refractivity contribution in [3.05, 3.63) is 40.9 Å². The van der Waals surface area contributed by atoms with Crippen molar-refractivity contribution in [3.63, 3.8) is 0 Å². The van der Waals surface area contributed by atoms with Gasteiger partial charge in [0.1, 0.15) is 11.5 Å². The van der Waals surface area contributed by atoms with Crippen molar-refractivity contribution >= 4 is 38.9 Å². The predicted molar refractivity (Wildman–Crippen MR) is 123 cm³/mol. The van der Waals surface area contributed by atoms with Crippen LogP contribution in [0.5, 0.6) is 11.5 Å². The van der Waals surface area contributed by atoms with E-state index in [1.165, 1.54) is 46.5 Å². The van der Waals surface area contributed by atoms with E-state index in [9.17, 15) is 13.2 Å². The molecule has 32 heavy (non-hydrogen) atoms. The summed E-state index contributed by atoms with van der Waals surface area (Å²) in [7, 11) is 2.08. The molecule has 11 heteroatoms. The highest BCUT2D eigenvalue weighted by Gasteiger charge is 2.25. The summed E-state index contributed by atoms with van der Waals surface area (Å²) in [5.74, 6) is 0.251. The van der Waals surface area contributed by atoms with E-state index < -0.39 is 15.9 Å². The zero-order chi connectivity index (χ0) is 23.5. The molecule has 174 valence electrons. The summed E-state index contributed by atoms with van der Waals surface area (Å²) < 4.78 is 42.4. The smallest absolute Gasteiger partial charge is 0.257 e. The Morgan fingerprint density at radius 2 is 1.75 bits per heavy atom. The predicted octanol–water partition coefficient (Wildman–Crippen LogP) is 2.70. The highest BCUT2D eigenvalue weighted by molar-refractivity contribution is 7.89. The van der Waals surface area contributed by atoms with E-state index in [1.807, 2.05) is 4.90 Å². The fourth-order valence-corrected chi connectivity index (χ4v) is 4.46. The minimum Gasteiger partial charge on any atom is -0.495 e. The summed E-state index contributed by atoms with van der Waals surface area (Å²) in [6, 6.07) is 7.61. The van der Waals surface area contributed by atoms with Crippen LogP contribution in [0.4, 0.5) is 11.4 Å². The zero-order valence-corrected chi connectivity index (χ0v) is 19.9. The van der Waals surface area contributed by atoms with Crippen LogP contribution >= 0.6 is 11.6 Å². The number of methoxy groups -OCH3 is 2. The highest BCUT2D eigenvalue weighted by Crippen LogP contribution is 2.36. The van der Waals surface area contributed by atoms with Crippen molar-refractivity contribution in [1.82, 2.24) is 4.31 Å². The number of hydrogen-bond acceptors (Lipinski definition) is 7. The Labute approximate surface area is 192 Å². The van der Waals surface area contributed by atoms with Gasteiger partial charge in [-0.15, -0.1) is 0 Å². The van der Waals surface area contributed by atoms with E-state index in [0.29, 0.717) is 54.2 Å². The van der Waals surface area contributed by atoms with Crippen LogP contribution in [-0.4, -0.2) is 73.2 Å². The topological polar surface area (TPSA) is 97.4 Å². The van der Waals surface area contributed by atoms with Gasteiger partial charge in [-0.2, -0.15) is 0 Å². The Kier molecular flexibility index (Phi) is 7.50. The first-order valence-electron chi connectivity index (χ1n) is 9.81. The van der Waals surface area contributed by atoms with Crippen LogP contribution in [0.1, 0.15) is 10.4 Å². The molecule has 0 aliphatic carbocycles. The van der Waals surface area contributed by atoms with Crippen molar-refractivity contribution in [3.8, 4) is 11.5 Å². The van der Waals surface area contributed by atoms with E-state index in [-0.39, 0.29) is 10.5 Å². The van der Waals surface area contributed by atoms with Gasteiger partial charge in [0.15, 0.2) is 0 Å². The number of rotatable bonds is 7. The van der Waals surface area contributed by atoms with Gasteiger partial charge < -0.3 is 24.4 Å². The largest absolute Gasteiger partial charge is 0.495 e. The maximum absolute atomic E-state index is 13.4. The van der Waals surface area contributed by atoms with Gasteiger partial charge in [-0.1, -0.05) is 11.6 Å². The number of halogens is 1. The van der Waals surface area contributed by atoms with Gasteiger partial charge in [0.2, 0.25) is 10.0 Å². The summed E-state index contributed by atoms with van der Waals surface area (Å²) in [6.45, 7) is 2.19. The molecule has 1 aliphatic rings. The van der Waals surface area contributed by atoms with Gasteiger partial charge in [-0.25, -0.2) is 12.7 Å². The van der Waals surface area contributed by atoms with Gasteiger partial charge in [0, 0.05) is 38.9 Å². The monoisotopic (exact) mass is 483 g/mol. The number of benzene rings is 2. The molecular formula is C21H26ClN3O6S. The molecule has 1 heterocycles. The SMILES string of the molecule is COc1cc(OC)c(NC(=O)c2cc(S(=O)(=O)N(C)C)ccc2N2CCOCC2)cc1Cl. The molecule has 1 N–H and O–H groups in total. The van der Waals surface area contributed by atoms with E-state index in [0.717, 1.165) is 4.31 Å². The Balaban J connectivity index is 2.05. The minimum absolute atomic E-state index is 0.0180. The van der Waals surface area contributed by atoms with E-state index in [4.69, 9.17) is 25.8 Å². The molecular weight excluding hydrogens is 458 g/mol. The number of hydrogen-bond donors (Lipinski definition) is 1. The van der Waals surface area contributed by atoms with E-state index in [1.54, 1.807) is 12.1 Å². The Hall–Kier alpha value is -2.53. The second kappa shape index (κ2) is 9.95. The second-order valence-electron chi connectivity index (χ2n) is 7.21. The molecule has 3 rings (SSSR count). The van der Waals surface area contributed by atoms with Crippen LogP contribution in [0, 0.1) is 0 Å². The molecule has 1 saturated heterocycles. The summed E-state index contributed by atoms with van der Waals surface area (Å²) in [6.07, 6.45) is 0. The maximum Gasteiger partial charge on any atom is 0.257 e. The molecule has 0 spiro atoms. The molecule has 0 unspecified atom stereocenters. The first-order chi connectivity index (χ1) is 15.2. The van der Waals surface area contributed by atoms with Gasteiger partial charge in [0.05, 0.1) is 48.6 Å². The molecule has 2 aromatic carbocycles. The van der Waals surface area contributed by atoms with Crippen LogP contribution < -0.4 is 19.7 Å². The number of amides is 1. The minimum atomic E-state index is -3.73. The molecule has 0 saturated carbocycles. The average Bonchev–Trinajstić information content (AvgIpc) is 2.79. The molecule has 9 nitrogen and oxygen atoms in total. The van der Waals surface area contributed by atoms with Gasteiger partial charge in [-0.3, -0.25) is 4.79 Å². The lowest BCUT2D eigenvalue weighted by molar-refractivity contribution is 0.102. The van der Waals surface area contributed by atoms with E-state index >= 15 is 0 Å². The van der Waals surface area contributed by atoms with Crippen LogP contribution in [0.2, 0.25) is 5.02 Å². The fraction of sp³-hybridized carbons (Fsp3) is 0.381. The third kappa shape index (κ3) is 4.93. The summed E-state index contributed by atoms with van der Waals surface area (Å²) in [5.41, 5.74) is 1.16. The molecule has 1 fully saturated rings. The average molecular weight is 484 g/mol. The Morgan fingerprint density at radius 3 is 2.34 bits per heavy atom. The third-order valence-electron chi connectivity index (χ3n) is 5.07. The number of nitrogens with zero attached hydrogens (tertiary/aromatic N) is 2. The molecule has 2 aromatic rings. The summed E-state index contributed by atoms with van der Waals surface area (Å²) in [5, 5.41) is 3.08. The molecule has 1 aliphatic heterocycles. The van der Waals surface area contributed by atoms with Crippen LogP contribution in [-0.2, 0) is 14.8 Å². The number of carbonyl (C=O) groups is 1. The fourth-order valence-electron chi connectivity index (χ4n) is 3.30. The van der Waals surface area contributed by atoms with E-state index in [2.05, 4.69) is 5.32 Å². The van der Waals surface area contributed by atoms with Gasteiger partial charge in [-0.05, 0) is 24.3 Å². The second-order valence-corrected chi connectivity index (χ2v) is 9.77. The molecule has 0 atom stereocenters. The lowest BCUT2D eigenvalue weighted by Crippen LogP contribution is -2.37. The quantitative estimate of drug-likeness (QED) is 0.646. The number of sulfonamides is 1. The van der Waals surface area contributed by atoms with Crippen LogP contribution in [0.15, 0.2) is 35.2 Å². The van der Waals surface area contributed by atoms with Crippen molar-refractivity contribution in [2.75, 3.05) is 64.8 Å². The van der Waals surface area contributed by atoms with Crippen molar-refractivity contribution in [2.45, 2.75) is 4.90 Å². The number of anilines is 2. The normalized spacial score (nSPS) is 14.4. The lowest BCUT2D eigenvalue weighted by atomic mass is 10.1. The van der Waals surface area contributed by atoms with Gasteiger partial charge >= 0.3 is 0 Å². The summed E-state index contributed by atoms with van der Waals surface area (Å²) >= 11 is 6.22. The Bertz CT molecular complexity index is 1100. The third-order valence-corrected chi connectivity index (χ3v) is 7.17. The molecule has 1 amide bonds. The number of ether oxygens (including phenoxy) is 3. The molecule has 0 bridgehead atoms. The lowest BCUT2D eigenvalue weighted by Gasteiger charge is -2.30. The maximum atomic E-state index is 13.4. The van der Waals surface area contributed by atoms with Crippen LogP contribution in [0.25, 0.3) is 0 Å². The van der Waals surface area contributed by atoms with Crippen molar-refractivity contribution < 1.29 is 27.4 Å². The standard InChI is InChI=1S/C21H26ClN3O6S/c1-24(2)32(27,28)14-5-6-18(25-7-9-31-10-8-25)15(11-14)21(26)23-17-12-16(22)19(29-3)13-20(17)30-4/h5-6,11-13H,7-10H2,1-4H3,(H,23,26). The number of morpholine rings is 1. The van der Waals surface area contributed by atoms with Crippen molar-refractivity contribution in [2.24, 2.45) is 0 Å². The Morgan fingerprint density at radius 1 is 1.09 bits per heavy atom. The van der Waals surface area contributed by atoms with Crippen molar-refractivity contribution in [1.29, 1.82) is 0 Å². The first kappa shape index (κ1) is 24.1. The van der Waals surface area contributed by atoms with Gasteiger partial charge in [0.25, 0.3) is 5.91 Å². The van der Waals surface area contributed by atoms with Crippen LogP contribution in [0.3, 0.4) is 0 Å².